The zero-order valence-corrected chi connectivity index (χ0v) is 23.6. The summed E-state index contributed by atoms with van der Waals surface area (Å²) in [5.41, 5.74) is 2.83. The molecule has 1 aromatic heterocycles. The molecule has 40 heavy (non-hydrogen) atoms. The molecule has 0 aliphatic carbocycles. The van der Waals surface area contributed by atoms with E-state index in [4.69, 9.17) is 4.18 Å². The van der Waals surface area contributed by atoms with Crippen LogP contribution in [0.1, 0.15) is 40.2 Å². The molecule has 0 bridgehead atoms. The summed E-state index contributed by atoms with van der Waals surface area (Å²) >= 11 is 4.17. The summed E-state index contributed by atoms with van der Waals surface area (Å²) < 4.78 is 5.52. The monoisotopic (exact) mass is 544 g/mol. The summed E-state index contributed by atoms with van der Waals surface area (Å²) in [5.74, 6) is 6.29. The van der Waals surface area contributed by atoms with E-state index >= 15 is 0 Å². The van der Waals surface area contributed by atoms with Crippen molar-refractivity contribution in [3.8, 4) is 17.7 Å². The number of aromatic nitrogens is 1. The molecule has 0 spiro atoms. The summed E-state index contributed by atoms with van der Waals surface area (Å²) in [6.45, 7) is 0.668. The lowest BCUT2D eigenvalue weighted by Crippen LogP contribution is -2.38. The molecule has 2 atom stereocenters. The average Bonchev–Trinajstić information content (AvgIpc) is 3.00. The van der Waals surface area contributed by atoms with Gasteiger partial charge in [0.2, 0.25) is 5.88 Å². The molecule has 2 unspecified atom stereocenters. The molecule has 200 valence electrons. The molecule has 5 rings (SSSR count). The Morgan fingerprint density at radius 2 is 1.50 bits per heavy atom. The molecule has 0 aliphatic heterocycles. The number of hydrogen-bond donors (Lipinski definition) is 2. The first kappa shape index (κ1) is 27.5. The van der Waals surface area contributed by atoms with E-state index in [-0.39, 0.29) is 0 Å². The predicted octanol–water partition coefficient (Wildman–Crippen LogP) is 6.83. The number of nitrogens with zero attached hydrogens (tertiary/aromatic N) is 2. The Kier molecular flexibility index (Phi) is 8.52. The number of pyridine rings is 1. The van der Waals surface area contributed by atoms with Crippen LogP contribution in [-0.4, -0.2) is 35.6 Å². The molecule has 1 N–H and O–H groups in total. The minimum absolute atomic E-state index is 0.339. The molecule has 4 aromatic carbocycles. The topological polar surface area (TPSA) is 45.6 Å². The molecule has 0 fully saturated rings. The first-order chi connectivity index (χ1) is 19.5. The van der Waals surface area contributed by atoms with Crippen LogP contribution in [0.5, 0.6) is 5.88 Å². The Labute approximate surface area is 241 Å². The van der Waals surface area contributed by atoms with Gasteiger partial charge in [-0.05, 0) is 60.6 Å². The molecule has 1 heterocycles. The lowest BCUT2D eigenvalue weighted by molar-refractivity contribution is 0.00543. The van der Waals surface area contributed by atoms with Gasteiger partial charge in [0, 0.05) is 48.3 Å². The van der Waals surface area contributed by atoms with E-state index in [2.05, 4.69) is 52.8 Å². The number of benzene rings is 4. The van der Waals surface area contributed by atoms with Gasteiger partial charge in [-0.15, -0.1) is 0 Å². The normalized spacial score (nSPS) is 13.3. The van der Waals surface area contributed by atoms with Crippen molar-refractivity contribution in [1.82, 2.24) is 9.88 Å². The van der Waals surface area contributed by atoms with Gasteiger partial charge in [-0.25, -0.2) is 4.98 Å². The quantitative estimate of drug-likeness (QED) is 0.128. The Bertz CT molecular complexity index is 1640. The van der Waals surface area contributed by atoms with Gasteiger partial charge >= 0.3 is 0 Å². The highest BCUT2D eigenvalue weighted by Gasteiger charge is 2.43. The number of rotatable bonds is 8. The lowest BCUT2D eigenvalue weighted by atomic mass is 9.70. The third kappa shape index (κ3) is 5.90. The second-order valence-corrected chi connectivity index (χ2v) is 10.4. The van der Waals surface area contributed by atoms with Gasteiger partial charge in [0.05, 0.1) is 0 Å². The van der Waals surface area contributed by atoms with E-state index in [0.29, 0.717) is 18.8 Å². The van der Waals surface area contributed by atoms with Crippen LogP contribution in [0.3, 0.4) is 0 Å². The summed E-state index contributed by atoms with van der Waals surface area (Å²) in [6, 6.07) is 36.2. The summed E-state index contributed by atoms with van der Waals surface area (Å²) in [5, 5.41) is 15.1. The summed E-state index contributed by atoms with van der Waals surface area (Å²) in [7, 11) is 4.04. The van der Waals surface area contributed by atoms with Gasteiger partial charge in [-0.3, -0.25) is 0 Å². The number of aliphatic hydroxyl groups is 1. The molecule has 5 aromatic rings. The fraction of sp³-hybridized carbons (Fsp3) is 0.171. The first-order valence-corrected chi connectivity index (χ1v) is 13.6. The number of hydrogen-bond acceptors (Lipinski definition) is 5. The van der Waals surface area contributed by atoms with Gasteiger partial charge in [-0.2, -0.15) is 0 Å². The van der Waals surface area contributed by atoms with Crippen LogP contribution in [0.2, 0.25) is 0 Å². The Balaban J connectivity index is 1.76. The zero-order chi connectivity index (χ0) is 28.0. The summed E-state index contributed by atoms with van der Waals surface area (Å²) in [4.78, 5) is 6.69. The van der Waals surface area contributed by atoms with Crippen LogP contribution in [-0.2, 0) is 5.60 Å². The van der Waals surface area contributed by atoms with Crippen LogP contribution in [0.4, 0.5) is 0 Å². The van der Waals surface area contributed by atoms with E-state index in [9.17, 15) is 5.11 Å². The number of fused-ring (bicyclic) bond motifs is 1. The van der Waals surface area contributed by atoms with E-state index in [0.717, 1.165) is 38.6 Å². The van der Waals surface area contributed by atoms with Crippen molar-refractivity contribution < 1.29 is 9.29 Å². The van der Waals surface area contributed by atoms with Gasteiger partial charge in [0.15, 0.2) is 0 Å². The third-order valence-corrected chi connectivity index (χ3v) is 7.38. The van der Waals surface area contributed by atoms with Crippen molar-refractivity contribution in [2.24, 2.45) is 0 Å². The Morgan fingerprint density at radius 3 is 2.23 bits per heavy atom. The maximum absolute atomic E-state index is 13.0. The van der Waals surface area contributed by atoms with Crippen molar-refractivity contribution >= 4 is 23.7 Å². The molecule has 5 heteroatoms. The highest BCUT2D eigenvalue weighted by atomic mass is 32.1. The van der Waals surface area contributed by atoms with Gasteiger partial charge < -0.3 is 14.2 Å². The molecule has 0 saturated carbocycles. The van der Waals surface area contributed by atoms with Crippen LogP contribution in [0.25, 0.3) is 10.8 Å². The Morgan fingerprint density at radius 1 is 0.850 bits per heavy atom. The van der Waals surface area contributed by atoms with Crippen LogP contribution in [0, 0.1) is 11.8 Å². The van der Waals surface area contributed by atoms with E-state index in [1.54, 1.807) is 6.20 Å². The second kappa shape index (κ2) is 12.4. The largest absolute Gasteiger partial charge is 0.409 e. The highest BCUT2D eigenvalue weighted by Crippen LogP contribution is 2.48. The smallest absolute Gasteiger partial charge is 0.231 e. The average molecular weight is 545 g/mol. The van der Waals surface area contributed by atoms with Crippen LogP contribution >= 0.6 is 12.9 Å². The SMILES string of the molecule is CN(C)CCC(O)(c1cccc2ccccc12)C(c1ccccc1)c1cc(C#Cc2ccccc2)cnc1OS. The minimum atomic E-state index is -1.32. The van der Waals surface area contributed by atoms with Crippen molar-refractivity contribution in [3.05, 3.63) is 143 Å². The van der Waals surface area contributed by atoms with Gasteiger partial charge in [0.25, 0.3) is 0 Å². The van der Waals surface area contributed by atoms with Crippen molar-refractivity contribution in [2.75, 3.05) is 20.6 Å². The van der Waals surface area contributed by atoms with Gasteiger partial charge in [-0.1, -0.05) is 103 Å². The fourth-order valence-corrected chi connectivity index (χ4v) is 5.43. The maximum atomic E-state index is 13.0. The van der Waals surface area contributed by atoms with E-state index in [1.807, 2.05) is 105 Å². The minimum Gasteiger partial charge on any atom is -0.409 e. The maximum Gasteiger partial charge on any atom is 0.231 e. The molecular weight excluding hydrogens is 512 g/mol. The van der Waals surface area contributed by atoms with Crippen LogP contribution < -0.4 is 4.18 Å². The summed E-state index contributed by atoms with van der Waals surface area (Å²) in [6.07, 6.45) is 2.16. The van der Waals surface area contributed by atoms with E-state index in [1.165, 1.54) is 0 Å². The third-order valence-electron chi connectivity index (χ3n) is 7.21. The molecule has 0 aliphatic rings. The van der Waals surface area contributed by atoms with Crippen molar-refractivity contribution in [2.45, 2.75) is 17.9 Å². The van der Waals surface area contributed by atoms with Crippen LogP contribution in [0.15, 0.2) is 115 Å². The highest BCUT2D eigenvalue weighted by molar-refractivity contribution is 7.75. The first-order valence-electron chi connectivity index (χ1n) is 13.3. The van der Waals surface area contributed by atoms with Crippen molar-refractivity contribution in [1.29, 1.82) is 0 Å². The Hall–Kier alpha value is -4.08. The molecular formula is C35H32N2O2S. The van der Waals surface area contributed by atoms with Gasteiger partial charge in [0.1, 0.15) is 5.60 Å². The second-order valence-electron chi connectivity index (χ2n) is 10.2. The molecule has 0 saturated heterocycles. The predicted molar refractivity (Wildman–Crippen MR) is 166 cm³/mol. The molecule has 0 radical (unpaired) electrons. The molecule has 4 nitrogen and oxygen atoms in total. The van der Waals surface area contributed by atoms with E-state index < -0.39 is 11.5 Å². The lowest BCUT2D eigenvalue weighted by Gasteiger charge is -2.39. The van der Waals surface area contributed by atoms with Crippen molar-refractivity contribution in [3.63, 3.8) is 0 Å². The number of thiol groups is 1. The molecule has 0 amide bonds. The fourth-order valence-electron chi connectivity index (χ4n) is 5.28. The zero-order valence-electron chi connectivity index (χ0n) is 22.7. The standard InChI is InChI=1S/C35H32N2O2S/c1-37(2)23-22-35(38,32-19-11-17-28-14-9-10-18-30(28)32)33(29-15-7-4-8-16-29)31-24-27(25-36-34(31)39-40)21-20-26-12-5-3-6-13-26/h3-19,24-25,33,38,40H,22-23H2,1-2H3.